The van der Waals surface area contributed by atoms with Crippen molar-refractivity contribution in [3.63, 3.8) is 0 Å². The molecule has 3 heterocycles. The molecule has 1 saturated heterocycles. The lowest BCUT2D eigenvalue weighted by molar-refractivity contribution is -0.142. The summed E-state index contributed by atoms with van der Waals surface area (Å²) in [6, 6.07) is 3.97. The maximum Gasteiger partial charge on any atom is 0.306 e. The number of likely N-dealkylation sites (tertiary alicyclic amines) is 1. The van der Waals surface area contributed by atoms with Gasteiger partial charge in [0.2, 0.25) is 5.88 Å². The highest BCUT2D eigenvalue weighted by molar-refractivity contribution is 6.44. The Morgan fingerprint density at radius 3 is 2.79 bits per heavy atom. The van der Waals surface area contributed by atoms with Crippen LogP contribution in [0.2, 0.25) is 0 Å². The van der Waals surface area contributed by atoms with Crippen LogP contribution in [-0.2, 0) is 9.59 Å². The summed E-state index contributed by atoms with van der Waals surface area (Å²) in [7, 11) is 0. The Morgan fingerprint density at radius 1 is 1.24 bits per heavy atom. The molecule has 1 aliphatic carbocycles. The number of carboxylic acids is 1. The van der Waals surface area contributed by atoms with Crippen LogP contribution in [0.25, 0.3) is 0 Å². The molecule has 2 fully saturated rings. The molecule has 1 atom stereocenters. The molecule has 0 radical (unpaired) electrons. The number of aliphatic imine (C=N–C) groups is 1. The number of rotatable bonds is 5. The number of carboxylic acid groups (broad SMARTS) is 1. The predicted octanol–water partition coefficient (Wildman–Crippen LogP) is 3.00. The van der Waals surface area contributed by atoms with Crippen LogP contribution in [0.3, 0.4) is 0 Å². The minimum Gasteiger partial charge on any atom is -0.481 e. The first-order chi connectivity index (χ1) is 14.0. The normalized spacial score (nSPS) is 27.4. The van der Waals surface area contributed by atoms with Crippen molar-refractivity contribution in [2.45, 2.75) is 44.1 Å². The quantitative estimate of drug-likeness (QED) is 0.791. The van der Waals surface area contributed by atoms with Gasteiger partial charge in [0.05, 0.1) is 18.2 Å². The van der Waals surface area contributed by atoms with Crippen molar-refractivity contribution in [2.24, 2.45) is 10.9 Å². The van der Waals surface area contributed by atoms with E-state index < -0.39 is 5.97 Å². The summed E-state index contributed by atoms with van der Waals surface area (Å²) < 4.78 is 6.11. The third-order valence-corrected chi connectivity index (χ3v) is 6.40. The first kappa shape index (κ1) is 19.9. The second-order valence-corrected chi connectivity index (χ2v) is 8.26. The van der Waals surface area contributed by atoms with Gasteiger partial charge in [0.1, 0.15) is 17.7 Å². The Hall–Kier alpha value is -2.41. The number of aliphatic carboxylic acids is 1. The molecule has 0 aromatic carbocycles. The topological polar surface area (TPSA) is 92.1 Å². The Bertz CT molecular complexity index is 861. The van der Waals surface area contributed by atoms with Crippen molar-refractivity contribution in [3.05, 3.63) is 34.6 Å². The van der Waals surface area contributed by atoms with Gasteiger partial charge in [-0.05, 0) is 43.2 Å². The van der Waals surface area contributed by atoms with Gasteiger partial charge in [0, 0.05) is 31.4 Å². The molecule has 8 heteroatoms. The zero-order valence-corrected chi connectivity index (χ0v) is 16.8. The number of halogens is 1. The lowest BCUT2D eigenvalue weighted by Gasteiger charge is -2.26. The molecule has 0 bridgehead atoms. The number of ether oxygens (including phenoxy) is 1. The number of pyridine rings is 1. The van der Waals surface area contributed by atoms with Crippen LogP contribution < -0.4 is 4.74 Å². The minimum absolute atomic E-state index is 0.0390. The lowest BCUT2D eigenvalue weighted by atomic mass is 9.79. The van der Waals surface area contributed by atoms with E-state index >= 15 is 0 Å². The molecule has 1 aromatic rings. The average Bonchev–Trinajstić information content (AvgIpc) is 3.18. The second-order valence-electron chi connectivity index (χ2n) is 7.88. The molecule has 3 aliphatic rings. The molecular formula is C21H24ClN3O4. The Balaban J connectivity index is 1.37. The summed E-state index contributed by atoms with van der Waals surface area (Å²) >= 11 is 6.16. The minimum atomic E-state index is -0.687. The van der Waals surface area contributed by atoms with Gasteiger partial charge in [-0.3, -0.25) is 14.6 Å². The molecule has 4 rings (SSSR count). The number of carbonyl (C=O) groups is 2. The highest BCUT2D eigenvalue weighted by Gasteiger charge is 2.30. The predicted molar refractivity (Wildman–Crippen MR) is 108 cm³/mol. The number of dihydropyridines is 1. The largest absolute Gasteiger partial charge is 0.481 e. The van der Waals surface area contributed by atoms with Gasteiger partial charge in [0.25, 0.3) is 0 Å². The highest BCUT2D eigenvalue weighted by Crippen LogP contribution is 2.36. The van der Waals surface area contributed by atoms with E-state index in [9.17, 15) is 14.7 Å². The fraction of sp³-hybridized carbons (Fsp3) is 0.524. The van der Waals surface area contributed by atoms with Crippen LogP contribution in [0.1, 0.15) is 43.6 Å². The van der Waals surface area contributed by atoms with Crippen LogP contribution in [0.4, 0.5) is 0 Å². The Morgan fingerprint density at radius 2 is 2.03 bits per heavy atom. The first-order valence-corrected chi connectivity index (χ1v) is 10.4. The summed E-state index contributed by atoms with van der Waals surface area (Å²) in [5.74, 6) is -0.120. The fourth-order valence-electron chi connectivity index (χ4n) is 4.34. The van der Waals surface area contributed by atoms with Crippen molar-refractivity contribution in [1.29, 1.82) is 0 Å². The van der Waals surface area contributed by atoms with Crippen LogP contribution in [-0.4, -0.2) is 58.7 Å². The molecule has 2 aliphatic heterocycles. The summed E-state index contributed by atoms with van der Waals surface area (Å²) in [6.45, 7) is 1.48. The molecule has 0 spiro atoms. The van der Waals surface area contributed by atoms with Gasteiger partial charge in [-0.25, -0.2) is 4.98 Å². The van der Waals surface area contributed by atoms with Gasteiger partial charge in [0.15, 0.2) is 5.78 Å². The molecule has 0 unspecified atom stereocenters. The Kier molecular flexibility index (Phi) is 5.85. The van der Waals surface area contributed by atoms with E-state index in [-0.39, 0.29) is 29.4 Å². The van der Waals surface area contributed by atoms with E-state index in [2.05, 4.69) is 9.98 Å². The first-order valence-electron chi connectivity index (χ1n) is 10.0. The summed E-state index contributed by atoms with van der Waals surface area (Å²) in [4.78, 5) is 33.4. The average molecular weight is 418 g/mol. The number of aromatic nitrogens is 1. The summed E-state index contributed by atoms with van der Waals surface area (Å²) in [5.41, 5.74) is 1.83. The van der Waals surface area contributed by atoms with Gasteiger partial charge in [-0.2, -0.15) is 0 Å². The van der Waals surface area contributed by atoms with Crippen molar-refractivity contribution >= 4 is 29.6 Å². The molecule has 1 aromatic heterocycles. The van der Waals surface area contributed by atoms with E-state index in [1.54, 1.807) is 12.4 Å². The zero-order chi connectivity index (χ0) is 20.4. The smallest absolute Gasteiger partial charge is 0.306 e. The number of allylic oxidation sites excluding steroid dienone is 1. The van der Waals surface area contributed by atoms with E-state index in [0.717, 1.165) is 31.4 Å². The van der Waals surface area contributed by atoms with Crippen LogP contribution >= 0.6 is 11.6 Å². The monoisotopic (exact) mass is 417 g/mol. The molecule has 0 amide bonds. The lowest BCUT2D eigenvalue weighted by Crippen LogP contribution is -2.28. The Labute approximate surface area is 174 Å². The number of hydrogen-bond acceptors (Lipinski definition) is 6. The van der Waals surface area contributed by atoms with Gasteiger partial charge in [-0.15, -0.1) is 0 Å². The standard InChI is InChI=1S/C21H24ClN3O4/c22-20-17(10-23-11-18(20)26)25-8-6-16(12-25)29-19-9-15(5-7-24-19)13-1-3-14(4-2-13)21(27)28/h5,7,9-10,13-14,16H,1-4,6,8,11-12H2,(H,27,28)/t13?,14?,16-/m1/s1. The molecule has 29 heavy (non-hydrogen) atoms. The summed E-state index contributed by atoms with van der Waals surface area (Å²) in [5, 5.41) is 9.42. The van der Waals surface area contributed by atoms with Crippen molar-refractivity contribution in [2.75, 3.05) is 19.6 Å². The van der Waals surface area contributed by atoms with E-state index in [1.807, 2.05) is 17.0 Å². The molecule has 7 nitrogen and oxygen atoms in total. The van der Waals surface area contributed by atoms with Crippen molar-refractivity contribution in [1.82, 2.24) is 9.88 Å². The molecule has 1 N–H and O–H groups in total. The fourth-order valence-corrected chi connectivity index (χ4v) is 4.56. The van der Waals surface area contributed by atoms with Gasteiger partial charge < -0.3 is 14.7 Å². The van der Waals surface area contributed by atoms with Crippen LogP contribution in [0, 0.1) is 5.92 Å². The third-order valence-electron chi connectivity index (χ3n) is 6.00. The molecule has 154 valence electrons. The van der Waals surface area contributed by atoms with Crippen molar-refractivity contribution in [3.8, 4) is 5.88 Å². The number of nitrogens with zero attached hydrogens (tertiary/aromatic N) is 3. The maximum absolute atomic E-state index is 11.8. The molecular weight excluding hydrogens is 394 g/mol. The SMILES string of the molecule is O=C1CN=CC(N2CC[C@@H](Oc3cc(C4CCC(C(=O)O)CC4)ccn3)C2)=C1Cl. The van der Waals surface area contributed by atoms with E-state index in [1.165, 1.54) is 0 Å². The summed E-state index contributed by atoms with van der Waals surface area (Å²) in [6.07, 6.45) is 7.37. The van der Waals surface area contributed by atoms with Crippen LogP contribution in [0.15, 0.2) is 34.1 Å². The van der Waals surface area contributed by atoms with Crippen molar-refractivity contribution < 1.29 is 19.4 Å². The maximum atomic E-state index is 11.8. The van der Waals surface area contributed by atoms with E-state index in [4.69, 9.17) is 16.3 Å². The number of Topliss-reactive ketones (excluding diaryl/α,β-unsaturated/α-hetero) is 1. The number of ketones is 1. The third kappa shape index (κ3) is 4.45. The van der Waals surface area contributed by atoms with E-state index in [0.29, 0.717) is 36.9 Å². The van der Waals surface area contributed by atoms with Gasteiger partial charge >= 0.3 is 5.97 Å². The number of hydrogen-bond donors (Lipinski definition) is 1. The van der Waals surface area contributed by atoms with Crippen LogP contribution in [0.5, 0.6) is 5.88 Å². The second kappa shape index (κ2) is 8.53. The zero-order valence-electron chi connectivity index (χ0n) is 16.1. The molecule has 1 saturated carbocycles. The van der Waals surface area contributed by atoms with Gasteiger partial charge in [-0.1, -0.05) is 11.6 Å². The number of carbonyl (C=O) groups excluding carboxylic acids is 1. The highest BCUT2D eigenvalue weighted by atomic mass is 35.5.